The Kier molecular flexibility index (Phi) is 1.77. The van der Waals surface area contributed by atoms with Crippen molar-refractivity contribution in [1.29, 1.82) is 0 Å². The quantitative estimate of drug-likeness (QED) is 0.692. The molecule has 0 aliphatic carbocycles. The van der Waals surface area contributed by atoms with Crippen LogP contribution in [0.3, 0.4) is 0 Å². The molecular weight excluding hydrogens is 162 g/mol. The first-order valence-electron chi connectivity index (χ1n) is 4.13. The molecule has 0 amide bonds. The highest BCUT2D eigenvalue weighted by Gasteiger charge is 2.03. The zero-order valence-electron chi connectivity index (χ0n) is 7.41. The van der Waals surface area contributed by atoms with Crippen molar-refractivity contribution in [3.05, 3.63) is 36.0 Å². The van der Waals surface area contributed by atoms with Gasteiger partial charge in [0.2, 0.25) is 0 Å². The second-order valence-corrected chi connectivity index (χ2v) is 3.07. The normalized spacial score (nSPS) is 10.2. The molecular formula is C10H11N3. The van der Waals surface area contributed by atoms with Crippen molar-refractivity contribution >= 4 is 5.82 Å². The first-order valence-corrected chi connectivity index (χ1v) is 4.13. The van der Waals surface area contributed by atoms with Gasteiger partial charge in [-0.25, -0.2) is 0 Å². The van der Waals surface area contributed by atoms with Gasteiger partial charge in [0, 0.05) is 5.56 Å². The number of benzene rings is 1. The number of nitrogen functional groups attached to an aromatic ring is 1. The molecule has 0 aliphatic heterocycles. The lowest BCUT2D eigenvalue weighted by Crippen LogP contribution is -1.87. The summed E-state index contributed by atoms with van der Waals surface area (Å²) in [5, 5.41) is 6.59. The third-order valence-corrected chi connectivity index (χ3v) is 2.00. The van der Waals surface area contributed by atoms with Gasteiger partial charge in [0.1, 0.15) is 5.82 Å². The largest absolute Gasteiger partial charge is 0.384 e. The molecule has 0 spiro atoms. The van der Waals surface area contributed by atoms with E-state index in [0.717, 1.165) is 11.1 Å². The fourth-order valence-electron chi connectivity index (χ4n) is 1.34. The van der Waals surface area contributed by atoms with Crippen LogP contribution in [0.1, 0.15) is 5.56 Å². The van der Waals surface area contributed by atoms with E-state index < -0.39 is 0 Å². The number of nitrogens with one attached hydrogen (secondary N) is 1. The summed E-state index contributed by atoms with van der Waals surface area (Å²) in [6, 6.07) is 8.17. The van der Waals surface area contributed by atoms with E-state index in [0.29, 0.717) is 5.82 Å². The minimum Gasteiger partial charge on any atom is -0.384 e. The van der Waals surface area contributed by atoms with Gasteiger partial charge in [-0.1, -0.05) is 29.8 Å². The molecule has 2 aromatic rings. The lowest BCUT2D eigenvalue weighted by molar-refractivity contribution is 1.10. The Morgan fingerprint density at radius 2 is 2.23 bits per heavy atom. The summed E-state index contributed by atoms with van der Waals surface area (Å²) in [5.74, 6) is 0.616. The van der Waals surface area contributed by atoms with Crippen molar-refractivity contribution in [3.8, 4) is 11.1 Å². The Morgan fingerprint density at radius 1 is 1.38 bits per heavy atom. The average molecular weight is 173 g/mol. The van der Waals surface area contributed by atoms with Crippen LogP contribution in [0.25, 0.3) is 11.1 Å². The summed E-state index contributed by atoms with van der Waals surface area (Å²) in [7, 11) is 0. The molecule has 3 heteroatoms. The Hall–Kier alpha value is -1.77. The van der Waals surface area contributed by atoms with Crippen LogP contribution in [-0.2, 0) is 0 Å². The van der Waals surface area contributed by atoms with E-state index in [4.69, 9.17) is 5.73 Å². The maximum atomic E-state index is 5.70. The number of aryl methyl sites for hydroxylation is 1. The van der Waals surface area contributed by atoms with Crippen LogP contribution < -0.4 is 5.73 Å². The maximum absolute atomic E-state index is 5.70. The zero-order valence-corrected chi connectivity index (χ0v) is 7.41. The van der Waals surface area contributed by atoms with Crippen molar-refractivity contribution in [2.45, 2.75) is 6.92 Å². The van der Waals surface area contributed by atoms with Crippen LogP contribution in [0.5, 0.6) is 0 Å². The monoisotopic (exact) mass is 173 g/mol. The molecule has 66 valence electrons. The summed E-state index contributed by atoms with van der Waals surface area (Å²) < 4.78 is 0. The fourth-order valence-corrected chi connectivity index (χ4v) is 1.34. The zero-order chi connectivity index (χ0) is 9.26. The summed E-state index contributed by atoms with van der Waals surface area (Å²) in [4.78, 5) is 0. The molecule has 1 aromatic carbocycles. The lowest BCUT2D eigenvalue weighted by atomic mass is 10.1. The highest BCUT2D eigenvalue weighted by atomic mass is 15.1. The van der Waals surface area contributed by atoms with Crippen LogP contribution >= 0.6 is 0 Å². The summed E-state index contributed by atoms with van der Waals surface area (Å²) in [6.07, 6.45) is 1.74. The standard InChI is InChI=1S/C10H11N3/c1-7-3-2-4-8(5-7)9-6-12-13-10(9)11/h2-6H,1H3,(H3,11,12,13). The highest BCUT2D eigenvalue weighted by Crippen LogP contribution is 2.23. The molecule has 13 heavy (non-hydrogen) atoms. The molecule has 0 atom stereocenters. The topological polar surface area (TPSA) is 54.7 Å². The highest BCUT2D eigenvalue weighted by molar-refractivity contribution is 5.73. The smallest absolute Gasteiger partial charge is 0.126 e. The van der Waals surface area contributed by atoms with Crippen LogP contribution in [0.15, 0.2) is 30.5 Å². The van der Waals surface area contributed by atoms with E-state index in [1.807, 2.05) is 12.1 Å². The van der Waals surface area contributed by atoms with E-state index in [1.54, 1.807) is 6.20 Å². The van der Waals surface area contributed by atoms with Crippen molar-refractivity contribution in [2.24, 2.45) is 0 Å². The predicted octanol–water partition coefficient (Wildman–Crippen LogP) is 1.97. The van der Waals surface area contributed by atoms with Gasteiger partial charge in [-0.05, 0) is 12.5 Å². The molecule has 3 nitrogen and oxygen atoms in total. The number of nitrogens with zero attached hydrogens (tertiary/aromatic N) is 1. The van der Waals surface area contributed by atoms with Gasteiger partial charge in [0.05, 0.1) is 6.20 Å². The van der Waals surface area contributed by atoms with E-state index in [-0.39, 0.29) is 0 Å². The Morgan fingerprint density at radius 3 is 2.85 bits per heavy atom. The van der Waals surface area contributed by atoms with Gasteiger partial charge in [0.25, 0.3) is 0 Å². The third-order valence-electron chi connectivity index (χ3n) is 2.00. The van der Waals surface area contributed by atoms with Crippen molar-refractivity contribution in [3.63, 3.8) is 0 Å². The lowest BCUT2D eigenvalue weighted by Gasteiger charge is -1.99. The molecule has 0 bridgehead atoms. The van der Waals surface area contributed by atoms with Gasteiger partial charge in [-0.2, -0.15) is 5.10 Å². The first-order chi connectivity index (χ1) is 6.27. The number of nitrogens with two attached hydrogens (primary N) is 1. The van der Waals surface area contributed by atoms with Gasteiger partial charge in [-0.3, -0.25) is 5.10 Å². The third kappa shape index (κ3) is 1.40. The Labute approximate surface area is 76.6 Å². The number of H-pyrrole nitrogens is 1. The Bertz CT molecular complexity index is 418. The second kappa shape index (κ2) is 2.94. The van der Waals surface area contributed by atoms with E-state index in [2.05, 4.69) is 29.3 Å². The SMILES string of the molecule is Cc1cccc(-c2cn[nH]c2N)c1. The van der Waals surface area contributed by atoms with Gasteiger partial charge < -0.3 is 5.73 Å². The number of aromatic nitrogens is 2. The van der Waals surface area contributed by atoms with Crippen molar-refractivity contribution in [1.82, 2.24) is 10.2 Å². The summed E-state index contributed by atoms with van der Waals surface area (Å²) in [5.41, 5.74) is 8.99. The Balaban J connectivity index is 2.53. The second-order valence-electron chi connectivity index (χ2n) is 3.07. The first kappa shape index (κ1) is 7.86. The van der Waals surface area contributed by atoms with E-state index in [1.165, 1.54) is 5.56 Å². The fraction of sp³-hybridized carbons (Fsp3) is 0.100. The number of rotatable bonds is 1. The number of aromatic amines is 1. The maximum Gasteiger partial charge on any atom is 0.126 e. The predicted molar refractivity (Wildman–Crippen MR) is 53.2 cm³/mol. The van der Waals surface area contributed by atoms with E-state index >= 15 is 0 Å². The molecule has 1 heterocycles. The average Bonchev–Trinajstić information content (AvgIpc) is 2.51. The van der Waals surface area contributed by atoms with Crippen molar-refractivity contribution in [2.75, 3.05) is 5.73 Å². The molecule has 2 rings (SSSR count). The molecule has 0 saturated carbocycles. The van der Waals surface area contributed by atoms with Crippen LogP contribution in [0.4, 0.5) is 5.82 Å². The molecule has 1 aromatic heterocycles. The molecule has 3 N–H and O–H groups in total. The number of hydrogen-bond acceptors (Lipinski definition) is 2. The van der Waals surface area contributed by atoms with Gasteiger partial charge in [-0.15, -0.1) is 0 Å². The van der Waals surface area contributed by atoms with Crippen molar-refractivity contribution < 1.29 is 0 Å². The van der Waals surface area contributed by atoms with Gasteiger partial charge >= 0.3 is 0 Å². The number of anilines is 1. The molecule has 0 unspecified atom stereocenters. The van der Waals surface area contributed by atoms with Crippen LogP contribution in [0, 0.1) is 6.92 Å². The summed E-state index contributed by atoms with van der Waals surface area (Å²) >= 11 is 0. The molecule has 0 saturated heterocycles. The molecule has 0 radical (unpaired) electrons. The minimum absolute atomic E-state index is 0.616. The van der Waals surface area contributed by atoms with Gasteiger partial charge in [0.15, 0.2) is 0 Å². The number of hydrogen-bond donors (Lipinski definition) is 2. The van der Waals surface area contributed by atoms with Crippen LogP contribution in [0.2, 0.25) is 0 Å². The summed E-state index contributed by atoms with van der Waals surface area (Å²) in [6.45, 7) is 2.06. The minimum atomic E-state index is 0.616. The van der Waals surface area contributed by atoms with E-state index in [9.17, 15) is 0 Å². The molecule has 0 fully saturated rings. The van der Waals surface area contributed by atoms with Crippen LogP contribution in [-0.4, -0.2) is 10.2 Å². The molecule has 0 aliphatic rings.